The zero-order valence-electron chi connectivity index (χ0n) is 14.5. The third-order valence-electron chi connectivity index (χ3n) is 3.38. The maximum atomic E-state index is 11.5. The van der Waals surface area contributed by atoms with Gasteiger partial charge in [-0.2, -0.15) is 0 Å². The highest BCUT2D eigenvalue weighted by atomic mass is 35.6. The molecule has 1 heterocycles. The van der Waals surface area contributed by atoms with Gasteiger partial charge < -0.3 is 28.4 Å². The van der Waals surface area contributed by atoms with E-state index in [9.17, 15) is 9.59 Å². The van der Waals surface area contributed by atoms with Crippen molar-refractivity contribution >= 4 is 52.6 Å². The quantitative estimate of drug-likeness (QED) is 0.289. The van der Waals surface area contributed by atoms with Crippen molar-refractivity contribution in [2.24, 2.45) is 0 Å². The van der Waals surface area contributed by atoms with Gasteiger partial charge in [-0.25, -0.2) is 0 Å². The number of hydrogen-bond donors (Lipinski definition) is 1. The van der Waals surface area contributed by atoms with Crippen molar-refractivity contribution in [3.63, 3.8) is 0 Å². The van der Waals surface area contributed by atoms with Gasteiger partial charge in [-0.3, -0.25) is 15.0 Å². The monoisotopic (exact) mass is 435 g/mol. The van der Waals surface area contributed by atoms with Crippen LogP contribution in [0, 0.1) is 5.41 Å². The van der Waals surface area contributed by atoms with E-state index in [0.29, 0.717) is 0 Å². The lowest BCUT2D eigenvalue weighted by molar-refractivity contribution is -0.294. The molecule has 0 aromatic carbocycles. The number of nitrogens with one attached hydrogen (secondary N) is 1. The van der Waals surface area contributed by atoms with Gasteiger partial charge in [0.15, 0.2) is 6.10 Å². The molecule has 1 rings (SSSR count). The summed E-state index contributed by atoms with van der Waals surface area (Å²) in [4.78, 5) is 22.6. The molecule has 1 aliphatic heterocycles. The van der Waals surface area contributed by atoms with E-state index in [-0.39, 0.29) is 6.61 Å². The van der Waals surface area contributed by atoms with Crippen LogP contribution < -0.4 is 0 Å². The molecule has 9 nitrogen and oxygen atoms in total. The van der Waals surface area contributed by atoms with Crippen LogP contribution in [0.2, 0.25) is 0 Å². The molecule has 0 spiro atoms. The number of hydrogen-bond acceptors (Lipinski definition) is 9. The number of rotatable bonds is 6. The minimum Gasteiger partial charge on any atom is -0.463 e. The number of ether oxygens (including phenoxy) is 6. The minimum atomic E-state index is -2.16. The van der Waals surface area contributed by atoms with Crippen LogP contribution in [0.1, 0.15) is 13.8 Å². The van der Waals surface area contributed by atoms with E-state index in [0.717, 1.165) is 0 Å². The summed E-state index contributed by atoms with van der Waals surface area (Å²) in [5.41, 5.74) is 0. The Morgan fingerprint density at radius 1 is 1.00 bits per heavy atom. The van der Waals surface area contributed by atoms with Gasteiger partial charge in [0.1, 0.15) is 24.9 Å². The Hall–Kier alpha value is -0.840. The SMILES string of the molecule is CO[C@@H]1[C@@H](OC(C)=O)[C@H](OC(=N)C(Cl)(Cl)Cl)O[C@H](COC(C)=O)[C@H]1OC. The number of halogens is 3. The predicted molar refractivity (Wildman–Crippen MR) is 91.5 cm³/mol. The summed E-state index contributed by atoms with van der Waals surface area (Å²) in [5.74, 6) is -1.93. The molecule has 150 valence electrons. The van der Waals surface area contributed by atoms with Crippen LogP contribution in [0.25, 0.3) is 0 Å². The average molecular weight is 437 g/mol. The summed E-state index contributed by atoms with van der Waals surface area (Å²) in [6.45, 7) is 2.21. The maximum absolute atomic E-state index is 11.5. The Kier molecular flexibility index (Phi) is 8.84. The molecule has 0 aliphatic carbocycles. The number of methoxy groups -OCH3 is 2. The number of esters is 2. The van der Waals surface area contributed by atoms with Gasteiger partial charge in [0.25, 0.3) is 3.79 Å². The molecule has 0 unspecified atom stereocenters. The van der Waals surface area contributed by atoms with Crippen molar-refractivity contribution in [2.45, 2.75) is 48.3 Å². The topological polar surface area (TPSA) is 113 Å². The third kappa shape index (κ3) is 6.40. The second kappa shape index (κ2) is 9.91. The van der Waals surface area contributed by atoms with Crippen LogP contribution in [0.15, 0.2) is 0 Å². The first kappa shape index (κ1) is 23.2. The molecule has 0 saturated carbocycles. The lowest BCUT2D eigenvalue weighted by Crippen LogP contribution is -2.62. The van der Waals surface area contributed by atoms with Gasteiger partial charge in [0.05, 0.1) is 0 Å². The Balaban J connectivity index is 3.12. The number of alkyl halides is 3. The first-order chi connectivity index (χ1) is 12.0. The van der Waals surface area contributed by atoms with E-state index in [1.54, 1.807) is 0 Å². The molecule has 0 radical (unpaired) electrons. The van der Waals surface area contributed by atoms with E-state index in [1.165, 1.54) is 28.1 Å². The Morgan fingerprint density at radius 2 is 1.58 bits per heavy atom. The van der Waals surface area contributed by atoms with Crippen LogP contribution >= 0.6 is 34.8 Å². The zero-order valence-corrected chi connectivity index (χ0v) is 16.8. The fourth-order valence-corrected chi connectivity index (χ4v) is 2.49. The molecule has 1 fully saturated rings. The summed E-state index contributed by atoms with van der Waals surface area (Å²) in [7, 11) is 2.74. The van der Waals surface area contributed by atoms with Crippen molar-refractivity contribution in [3.8, 4) is 0 Å². The lowest BCUT2D eigenvalue weighted by atomic mass is 9.98. The van der Waals surface area contributed by atoms with E-state index in [1.807, 2.05) is 0 Å². The Bertz CT molecular complexity index is 527. The number of carbonyl (C=O) groups is 2. The molecule has 0 amide bonds. The van der Waals surface area contributed by atoms with Crippen molar-refractivity contribution in [3.05, 3.63) is 0 Å². The zero-order chi connectivity index (χ0) is 20.1. The molecular weight excluding hydrogens is 417 g/mol. The molecular formula is C14H20Cl3NO8. The van der Waals surface area contributed by atoms with Crippen molar-refractivity contribution in [2.75, 3.05) is 20.8 Å². The van der Waals surface area contributed by atoms with E-state index in [4.69, 9.17) is 68.6 Å². The molecule has 1 N–H and O–H groups in total. The second-order valence-corrected chi connectivity index (χ2v) is 7.55. The van der Waals surface area contributed by atoms with Gasteiger partial charge in [0, 0.05) is 28.1 Å². The van der Waals surface area contributed by atoms with Crippen molar-refractivity contribution in [1.29, 1.82) is 5.41 Å². The van der Waals surface area contributed by atoms with Gasteiger partial charge >= 0.3 is 11.9 Å². The summed E-state index contributed by atoms with van der Waals surface area (Å²) in [6, 6.07) is 0. The lowest BCUT2D eigenvalue weighted by Gasteiger charge is -2.44. The van der Waals surface area contributed by atoms with Crippen LogP contribution in [-0.4, -0.2) is 73.2 Å². The molecule has 5 atom stereocenters. The highest BCUT2D eigenvalue weighted by molar-refractivity contribution is 6.76. The fourth-order valence-electron chi connectivity index (χ4n) is 2.36. The normalized spacial score (nSPS) is 29.0. The van der Waals surface area contributed by atoms with Crippen LogP contribution in [-0.2, 0) is 38.0 Å². The summed E-state index contributed by atoms with van der Waals surface area (Å²) in [6.07, 6.45) is -4.99. The molecule has 1 aliphatic rings. The summed E-state index contributed by atoms with van der Waals surface area (Å²) in [5, 5.41) is 7.71. The fraction of sp³-hybridized carbons (Fsp3) is 0.786. The largest absolute Gasteiger partial charge is 0.463 e. The Labute approximate surface area is 165 Å². The summed E-state index contributed by atoms with van der Waals surface area (Å²) >= 11 is 16.8. The predicted octanol–water partition coefficient (Wildman–Crippen LogP) is 1.60. The Morgan fingerprint density at radius 3 is 2.00 bits per heavy atom. The molecule has 26 heavy (non-hydrogen) atoms. The van der Waals surface area contributed by atoms with Gasteiger partial charge in [-0.15, -0.1) is 0 Å². The first-order valence-electron chi connectivity index (χ1n) is 7.35. The summed E-state index contributed by atoms with van der Waals surface area (Å²) < 4.78 is 29.6. The van der Waals surface area contributed by atoms with Gasteiger partial charge in [-0.05, 0) is 0 Å². The molecule has 0 aromatic rings. The highest BCUT2D eigenvalue weighted by Gasteiger charge is 2.51. The first-order valence-corrected chi connectivity index (χ1v) is 8.48. The number of carbonyl (C=O) groups excluding carboxylic acids is 2. The average Bonchev–Trinajstić information content (AvgIpc) is 2.52. The molecule has 0 bridgehead atoms. The van der Waals surface area contributed by atoms with Gasteiger partial charge in [-0.1, -0.05) is 34.8 Å². The van der Waals surface area contributed by atoms with Crippen molar-refractivity contribution in [1.82, 2.24) is 0 Å². The maximum Gasteiger partial charge on any atom is 0.303 e. The highest BCUT2D eigenvalue weighted by Crippen LogP contribution is 2.33. The second-order valence-electron chi connectivity index (χ2n) is 5.26. The standard InChI is InChI=1S/C14H20Cl3NO8/c1-6(19)23-5-8-9(21-3)10(22-4)11(24-7(2)20)12(25-8)26-13(18)14(15,16)17/h8-12,18H,5H2,1-4H3/t8-,9-,10+,11-,12+/m1/s1. The smallest absolute Gasteiger partial charge is 0.303 e. The molecule has 0 aromatic heterocycles. The van der Waals surface area contributed by atoms with Crippen LogP contribution in [0.5, 0.6) is 0 Å². The van der Waals surface area contributed by atoms with E-state index in [2.05, 4.69) is 0 Å². The van der Waals surface area contributed by atoms with E-state index < -0.39 is 52.3 Å². The third-order valence-corrected chi connectivity index (χ3v) is 3.89. The van der Waals surface area contributed by atoms with Crippen LogP contribution in [0.3, 0.4) is 0 Å². The minimum absolute atomic E-state index is 0.193. The van der Waals surface area contributed by atoms with E-state index >= 15 is 0 Å². The van der Waals surface area contributed by atoms with Gasteiger partial charge in [0.2, 0.25) is 12.2 Å². The van der Waals surface area contributed by atoms with Crippen molar-refractivity contribution < 1.29 is 38.0 Å². The van der Waals surface area contributed by atoms with Crippen LogP contribution in [0.4, 0.5) is 0 Å². The molecule has 12 heteroatoms. The molecule has 1 saturated heterocycles.